The summed E-state index contributed by atoms with van der Waals surface area (Å²) in [5.74, 6) is 0.0263. The number of hydrogen-bond acceptors (Lipinski definition) is 4. The minimum atomic E-state index is -0.878. The highest BCUT2D eigenvalue weighted by molar-refractivity contribution is 6.61. The Balaban J connectivity index is 1.79. The number of carbonyl (C=O) groups excluding carboxylic acids is 1. The van der Waals surface area contributed by atoms with E-state index >= 15 is 0 Å². The summed E-state index contributed by atoms with van der Waals surface area (Å²) in [7, 11) is -0.878. The minimum Gasteiger partial charge on any atom is -0.423 e. The van der Waals surface area contributed by atoms with Crippen LogP contribution in [0.15, 0.2) is 42.5 Å². The van der Waals surface area contributed by atoms with Gasteiger partial charge in [-0.05, 0) is 40.9 Å². The third-order valence-corrected chi connectivity index (χ3v) is 3.47. The highest BCUT2D eigenvalue weighted by atomic mass is 16.5. The lowest BCUT2D eigenvalue weighted by Crippen LogP contribution is -2.28. The molecule has 0 aromatic heterocycles. The van der Waals surface area contributed by atoms with Crippen molar-refractivity contribution in [3.05, 3.63) is 59.2 Å². The molecular formula is C15H14BNO3. The lowest BCUT2D eigenvalue weighted by Gasteiger charge is -2.05. The van der Waals surface area contributed by atoms with Gasteiger partial charge in [0.2, 0.25) is 0 Å². The topological polar surface area (TPSA) is 72.6 Å². The largest absolute Gasteiger partial charge is 0.491 e. The molecule has 0 fully saturated rings. The van der Waals surface area contributed by atoms with Crippen LogP contribution in [-0.2, 0) is 17.7 Å². The first-order valence-corrected chi connectivity index (χ1v) is 6.43. The van der Waals surface area contributed by atoms with Crippen molar-refractivity contribution in [2.45, 2.75) is 13.0 Å². The Hall–Kier alpha value is -2.11. The maximum atomic E-state index is 12.2. The van der Waals surface area contributed by atoms with Crippen molar-refractivity contribution in [2.24, 2.45) is 0 Å². The summed E-state index contributed by atoms with van der Waals surface area (Å²) in [6.45, 7) is 0.419. The van der Waals surface area contributed by atoms with Crippen LogP contribution in [0.5, 0.6) is 0 Å². The molecule has 3 N–H and O–H groups in total. The molecule has 100 valence electrons. The number of fused-ring (bicyclic) bond motifs is 1. The number of nitrogens with two attached hydrogens (primary N) is 1. The Labute approximate surface area is 117 Å². The van der Waals surface area contributed by atoms with Gasteiger partial charge in [-0.2, -0.15) is 0 Å². The molecule has 2 aromatic rings. The number of nitrogen functional groups attached to an aromatic ring is 1. The van der Waals surface area contributed by atoms with Crippen LogP contribution < -0.4 is 11.2 Å². The van der Waals surface area contributed by atoms with E-state index in [1.807, 2.05) is 18.2 Å². The maximum absolute atomic E-state index is 12.2. The van der Waals surface area contributed by atoms with Crippen LogP contribution in [0.3, 0.4) is 0 Å². The van der Waals surface area contributed by atoms with Crippen molar-refractivity contribution in [1.29, 1.82) is 0 Å². The quantitative estimate of drug-likeness (QED) is 0.492. The molecule has 0 unspecified atom stereocenters. The fourth-order valence-electron chi connectivity index (χ4n) is 2.33. The van der Waals surface area contributed by atoms with E-state index in [1.165, 1.54) is 0 Å². The van der Waals surface area contributed by atoms with Gasteiger partial charge in [-0.1, -0.05) is 18.2 Å². The summed E-state index contributed by atoms with van der Waals surface area (Å²) in [6.07, 6.45) is 0.296. The van der Waals surface area contributed by atoms with Crippen molar-refractivity contribution in [3.63, 3.8) is 0 Å². The molecule has 4 nitrogen and oxygen atoms in total. The van der Waals surface area contributed by atoms with Gasteiger partial charge in [0.1, 0.15) is 0 Å². The zero-order chi connectivity index (χ0) is 14.1. The van der Waals surface area contributed by atoms with Crippen molar-refractivity contribution in [1.82, 2.24) is 0 Å². The molecule has 0 saturated heterocycles. The second kappa shape index (κ2) is 5.11. The van der Waals surface area contributed by atoms with Crippen LogP contribution in [0.4, 0.5) is 5.69 Å². The number of rotatable bonds is 3. The van der Waals surface area contributed by atoms with E-state index in [-0.39, 0.29) is 5.78 Å². The first-order valence-electron chi connectivity index (χ1n) is 6.43. The van der Waals surface area contributed by atoms with Gasteiger partial charge >= 0.3 is 7.12 Å². The normalized spacial score (nSPS) is 13.3. The molecule has 1 heterocycles. The van der Waals surface area contributed by atoms with Gasteiger partial charge in [-0.25, -0.2) is 0 Å². The van der Waals surface area contributed by atoms with Crippen LogP contribution >= 0.6 is 0 Å². The number of ketones is 1. The Morgan fingerprint density at radius 2 is 2.00 bits per heavy atom. The monoisotopic (exact) mass is 267 g/mol. The molecule has 1 aliphatic heterocycles. The molecule has 0 spiro atoms. The molecule has 1 aliphatic rings. The second-order valence-corrected chi connectivity index (χ2v) is 4.92. The SMILES string of the molecule is Nc1ccc(C(=O)Cc2ccc3c(c2)B(O)OC3)cc1. The van der Waals surface area contributed by atoms with Crippen molar-refractivity contribution < 1.29 is 14.5 Å². The average Bonchev–Trinajstić information content (AvgIpc) is 2.81. The van der Waals surface area contributed by atoms with Gasteiger partial charge in [0.05, 0.1) is 6.61 Å². The smallest absolute Gasteiger partial charge is 0.423 e. The zero-order valence-corrected chi connectivity index (χ0v) is 10.9. The fraction of sp³-hybridized carbons (Fsp3) is 0.133. The van der Waals surface area contributed by atoms with Gasteiger partial charge in [0, 0.05) is 17.7 Å². The molecule has 5 heteroatoms. The maximum Gasteiger partial charge on any atom is 0.491 e. The summed E-state index contributed by atoms with van der Waals surface area (Å²) >= 11 is 0. The lowest BCUT2D eigenvalue weighted by atomic mass is 9.78. The van der Waals surface area contributed by atoms with E-state index in [9.17, 15) is 9.82 Å². The summed E-state index contributed by atoms with van der Waals surface area (Å²) in [6, 6.07) is 12.5. The van der Waals surface area contributed by atoms with Crippen LogP contribution in [0, 0.1) is 0 Å². The van der Waals surface area contributed by atoms with E-state index in [1.54, 1.807) is 24.3 Å². The van der Waals surface area contributed by atoms with Crippen molar-refractivity contribution in [2.75, 3.05) is 5.73 Å². The van der Waals surface area contributed by atoms with Gasteiger partial charge < -0.3 is 15.4 Å². The summed E-state index contributed by atoms with van der Waals surface area (Å²) in [4.78, 5) is 12.2. The molecule has 0 atom stereocenters. The number of carbonyl (C=O) groups is 1. The molecular weight excluding hydrogens is 253 g/mol. The Morgan fingerprint density at radius 3 is 2.75 bits per heavy atom. The Kier molecular flexibility index (Phi) is 3.30. The van der Waals surface area contributed by atoms with Gasteiger partial charge in [0.15, 0.2) is 5.78 Å². The fourth-order valence-corrected chi connectivity index (χ4v) is 2.33. The lowest BCUT2D eigenvalue weighted by molar-refractivity contribution is 0.0993. The zero-order valence-electron chi connectivity index (χ0n) is 10.9. The Bertz CT molecular complexity index is 655. The molecule has 0 amide bonds. The van der Waals surface area contributed by atoms with Gasteiger partial charge in [-0.15, -0.1) is 0 Å². The third-order valence-electron chi connectivity index (χ3n) is 3.47. The van der Waals surface area contributed by atoms with Gasteiger partial charge in [0.25, 0.3) is 0 Å². The number of hydrogen-bond donors (Lipinski definition) is 2. The van der Waals surface area contributed by atoms with Crippen LogP contribution in [-0.4, -0.2) is 17.9 Å². The highest BCUT2D eigenvalue weighted by Crippen LogP contribution is 2.14. The van der Waals surface area contributed by atoms with E-state index < -0.39 is 7.12 Å². The summed E-state index contributed by atoms with van der Waals surface area (Å²) in [5.41, 5.74) is 9.48. The first-order chi connectivity index (χ1) is 9.63. The molecule has 2 aromatic carbocycles. The second-order valence-electron chi connectivity index (χ2n) is 4.92. The minimum absolute atomic E-state index is 0.0263. The standard InChI is InChI=1S/C15H14BNO3/c17-13-5-3-11(4-6-13)15(18)8-10-1-2-12-9-20-16(19)14(12)7-10/h1-7,19H,8-9,17H2. The highest BCUT2D eigenvalue weighted by Gasteiger charge is 2.27. The van der Waals surface area contributed by atoms with E-state index in [2.05, 4.69) is 0 Å². The predicted octanol–water partition coefficient (Wildman–Crippen LogP) is 0.912. The van der Waals surface area contributed by atoms with E-state index in [0.29, 0.717) is 24.3 Å². The average molecular weight is 267 g/mol. The first kappa shape index (κ1) is 12.9. The molecule has 0 saturated carbocycles. The number of benzene rings is 2. The van der Waals surface area contributed by atoms with Crippen molar-refractivity contribution >= 4 is 24.1 Å². The molecule has 0 aliphatic carbocycles. The van der Waals surface area contributed by atoms with Gasteiger partial charge in [-0.3, -0.25) is 4.79 Å². The molecule has 3 rings (SSSR count). The van der Waals surface area contributed by atoms with Crippen LogP contribution in [0.2, 0.25) is 0 Å². The molecule has 20 heavy (non-hydrogen) atoms. The molecule has 0 radical (unpaired) electrons. The van der Waals surface area contributed by atoms with Crippen LogP contribution in [0.1, 0.15) is 21.5 Å². The predicted molar refractivity (Wildman–Crippen MR) is 77.7 cm³/mol. The van der Waals surface area contributed by atoms with Crippen molar-refractivity contribution in [3.8, 4) is 0 Å². The third kappa shape index (κ3) is 2.46. The molecule has 0 bridgehead atoms. The summed E-state index contributed by atoms with van der Waals surface area (Å²) in [5, 5.41) is 9.67. The van der Waals surface area contributed by atoms with E-state index in [4.69, 9.17) is 10.4 Å². The summed E-state index contributed by atoms with van der Waals surface area (Å²) < 4.78 is 5.14. The number of anilines is 1. The van der Waals surface area contributed by atoms with Crippen LogP contribution in [0.25, 0.3) is 0 Å². The van der Waals surface area contributed by atoms with E-state index in [0.717, 1.165) is 16.6 Å². The number of Topliss-reactive ketones (excluding diaryl/α,β-unsaturated/α-hetero) is 1. The Morgan fingerprint density at radius 1 is 1.25 bits per heavy atom.